The molecule has 0 fully saturated rings. The molecular weight excluding hydrogens is 247 g/mol. The molecule has 1 rings (SSSR count). The molecule has 1 aromatic rings. The predicted octanol–water partition coefficient (Wildman–Crippen LogP) is 3.67. The highest BCUT2D eigenvalue weighted by Crippen LogP contribution is 2.27. The minimum atomic E-state index is -0.591. The highest BCUT2D eigenvalue weighted by molar-refractivity contribution is 9.10. The number of aliphatic hydroxyl groups is 1. The molecule has 0 aliphatic rings. The maximum atomic E-state index is 13.0. The molecule has 0 saturated carbocycles. The van der Waals surface area contributed by atoms with Crippen LogP contribution in [-0.4, -0.2) is 5.11 Å². The summed E-state index contributed by atoms with van der Waals surface area (Å²) in [7, 11) is 0. The van der Waals surface area contributed by atoms with Crippen LogP contribution >= 0.6 is 15.9 Å². The third-order valence-electron chi connectivity index (χ3n) is 2.41. The average Bonchev–Trinajstić information content (AvgIpc) is 2.14. The van der Waals surface area contributed by atoms with Crippen molar-refractivity contribution in [1.29, 1.82) is 0 Å². The van der Waals surface area contributed by atoms with E-state index in [0.717, 1.165) is 6.42 Å². The lowest BCUT2D eigenvalue weighted by atomic mass is 9.95. The molecule has 0 aliphatic heterocycles. The van der Waals surface area contributed by atoms with Crippen LogP contribution in [0.3, 0.4) is 0 Å². The van der Waals surface area contributed by atoms with Gasteiger partial charge in [0.05, 0.1) is 6.10 Å². The lowest BCUT2D eigenvalue weighted by Crippen LogP contribution is -2.08. The molecule has 1 nitrogen and oxygen atoms in total. The summed E-state index contributed by atoms with van der Waals surface area (Å²) in [6, 6.07) is 4.51. The first-order chi connectivity index (χ1) is 6.54. The van der Waals surface area contributed by atoms with Crippen molar-refractivity contribution in [3.63, 3.8) is 0 Å². The first-order valence-electron chi connectivity index (χ1n) is 4.68. The van der Waals surface area contributed by atoms with Crippen LogP contribution in [-0.2, 0) is 0 Å². The summed E-state index contributed by atoms with van der Waals surface area (Å²) in [6.45, 7) is 3.95. The van der Waals surface area contributed by atoms with Crippen LogP contribution in [0.2, 0.25) is 0 Å². The zero-order valence-electron chi connectivity index (χ0n) is 8.30. The fraction of sp³-hybridized carbons (Fsp3) is 0.455. The van der Waals surface area contributed by atoms with Gasteiger partial charge in [-0.15, -0.1) is 0 Å². The Bertz CT molecular complexity index is 294. The Labute approximate surface area is 92.1 Å². The van der Waals surface area contributed by atoms with Gasteiger partial charge in [0.15, 0.2) is 0 Å². The highest BCUT2D eigenvalue weighted by Gasteiger charge is 2.15. The van der Waals surface area contributed by atoms with Gasteiger partial charge >= 0.3 is 0 Å². The Balaban J connectivity index is 2.94. The van der Waals surface area contributed by atoms with Gasteiger partial charge in [-0.25, -0.2) is 4.39 Å². The molecule has 0 aromatic heterocycles. The van der Waals surface area contributed by atoms with Crippen molar-refractivity contribution in [2.24, 2.45) is 5.92 Å². The van der Waals surface area contributed by atoms with E-state index in [2.05, 4.69) is 15.9 Å². The Kier molecular flexibility index (Phi) is 4.08. The Hall–Kier alpha value is -0.410. The van der Waals surface area contributed by atoms with Gasteiger partial charge in [-0.3, -0.25) is 0 Å². The molecule has 1 aromatic carbocycles. The van der Waals surface area contributed by atoms with E-state index in [-0.39, 0.29) is 11.7 Å². The predicted molar refractivity (Wildman–Crippen MR) is 58.5 cm³/mol. The number of aliphatic hydroxyl groups excluding tert-OH is 1. The van der Waals surface area contributed by atoms with E-state index in [1.54, 1.807) is 6.07 Å². The third-order valence-corrected chi connectivity index (χ3v) is 2.87. The zero-order chi connectivity index (χ0) is 10.7. The van der Waals surface area contributed by atoms with E-state index < -0.39 is 6.10 Å². The molecule has 2 atom stereocenters. The second kappa shape index (κ2) is 4.89. The Morgan fingerprint density at radius 3 is 2.57 bits per heavy atom. The van der Waals surface area contributed by atoms with E-state index in [0.29, 0.717) is 10.0 Å². The average molecular weight is 261 g/mol. The topological polar surface area (TPSA) is 20.2 Å². The summed E-state index contributed by atoms with van der Waals surface area (Å²) in [6.07, 6.45) is 0.280. The first-order valence-corrected chi connectivity index (χ1v) is 5.48. The minimum Gasteiger partial charge on any atom is -0.388 e. The lowest BCUT2D eigenvalue weighted by Gasteiger charge is -2.17. The number of benzene rings is 1. The van der Waals surface area contributed by atoms with Crippen molar-refractivity contribution in [3.8, 4) is 0 Å². The monoisotopic (exact) mass is 260 g/mol. The maximum absolute atomic E-state index is 13.0. The van der Waals surface area contributed by atoms with Crippen LogP contribution in [0.5, 0.6) is 0 Å². The van der Waals surface area contributed by atoms with Crippen LogP contribution in [0.1, 0.15) is 31.9 Å². The van der Waals surface area contributed by atoms with Gasteiger partial charge in [-0.2, -0.15) is 0 Å². The highest BCUT2D eigenvalue weighted by atomic mass is 79.9. The summed E-state index contributed by atoms with van der Waals surface area (Å²) in [5, 5.41) is 9.85. The van der Waals surface area contributed by atoms with Gasteiger partial charge in [0.1, 0.15) is 5.82 Å². The van der Waals surface area contributed by atoms with Gasteiger partial charge in [0, 0.05) is 4.47 Å². The van der Waals surface area contributed by atoms with Crippen LogP contribution in [0, 0.1) is 11.7 Å². The molecule has 2 unspecified atom stereocenters. The van der Waals surface area contributed by atoms with Crippen molar-refractivity contribution in [1.82, 2.24) is 0 Å². The first kappa shape index (κ1) is 11.7. The van der Waals surface area contributed by atoms with Gasteiger partial charge in [-0.05, 0) is 29.7 Å². The van der Waals surface area contributed by atoms with E-state index in [1.807, 2.05) is 13.8 Å². The Morgan fingerprint density at radius 1 is 1.43 bits per heavy atom. The molecule has 0 spiro atoms. The zero-order valence-corrected chi connectivity index (χ0v) is 9.88. The van der Waals surface area contributed by atoms with Crippen LogP contribution in [0.25, 0.3) is 0 Å². The molecule has 0 radical (unpaired) electrons. The van der Waals surface area contributed by atoms with Crippen molar-refractivity contribution in [3.05, 3.63) is 34.1 Å². The van der Waals surface area contributed by atoms with Gasteiger partial charge < -0.3 is 5.11 Å². The van der Waals surface area contributed by atoms with Crippen molar-refractivity contribution < 1.29 is 9.50 Å². The molecule has 0 aliphatic carbocycles. The summed E-state index contributed by atoms with van der Waals surface area (Å²) in [4.78, 5) is 0. The minimum absolute atomic E-state index is 0.142. The lowest BCUT2D eigenvalue weighted by molar-refractivity contribution is 0.115. The summed E-state index contributed by atoms with van der Waals surface area (Å²) in [5.41, 5.74) is 0.631. The van der Waals surface area contributed by atoms with Crippen molar-refractivity contribution in [2.75, 3.05) is 0 Å². The van der Waals surface area contributed by atoms with Crippen LogP contribution < -0.4 is 0 Å². The SMILES string of the molecule is CCC(C)C(O)c1cc(F)cc(Br)c1. The third kappa shape index (κ3) is 2.79. The number of hydrogen-bond donors (Lipinski definition) is 1. The molecule has 0 bridgehead atoms. The molecule has 0 saturated heterocycles. The molecule has 14 heavy (non-hydrogen) atoms. The maximum Gasteiger partial charge on any atom is 0.124 e. The van der Waals surface area contributed by atoms with Gasteiger partial charge in [0.2, 0.25) is 0 Å². The van der Waals surface area contributed by atoms with E-state index >= 15 is 0 Å². The largest absolute Gasteiger partial charge is 0.388 e. The molecule has 0 heterocycles. The number of halogens is 2. The molecule has 0 amide bonds. The van der Waals surface area contributed by atoms with E-state index in [1.165, 1.54) is 12.1 Å². The van der Waals surface area contributed by atoms with Crippen molar-refractivity contribution in [2.45, 2.75) is 26.4 Å². The van der Waals surface area contributed by atoms with Gasteiger partial charge in [0.25, 0.3) is 0 Å². The molecule has 3 heteroatoms. The normalized spacial score (nSPS) is 15.2. The summed E-state index contributed by atoms with van der Waals surface area (Å²) >= 11 is 3.20. The molecule has 1 N–H and O–H groups in total. The van der Waals surface area contributed by atoms with Crippen molar-refractivity contribution >= 4 is 15.9 Å². The number of hydrogen-bond acceptors (Lipinski definition) is 1. The summed E-state index contributed by atoms with van der Waals surface area (Å²) in [5.74, 6) is -0.180. The fourth-order valence-electron chi connectivity index (χ4n) is 1.30. The Morgan fingerprint density at radius 2 is 2.07 bits per heavy atom. The van der Waals surface area contributed by atoms with E-state index in [4.69, 9.17) is 0 Å². The van der Waals surface area contributed by atoms with E-state index in [9.17, 15) is 9.50 Å². The van der Waals surface area contributed by atoms with Crippen LogP contribution in [0.15, 0.2) is 22.7 Å². The molecular formula is C11H14BrFO. The molecule has 78 valence electrons. The number of rotatable bonds is 3. The quantitative estimate of drug-likeness (QED) is 0.880. The standard InChI is InChI=1S/C11H14BrFO/c1-3-7(2)11(14)8-4-9(12)6-10(13)5-8/h4-7,11,14H,3H2,1-2H3. The van der Waals surface area contributed by atoms with Crippen LogP contribution in [0.4, 0.5) is 4.39 Å². The van der Waals surface area contributed by atoms with Gasteiger partial charge in [-0.1, -0.05) is 36.2 Å². The fourth-order valence-corrected chi connectivity index (χ4v) is 1.78. The second-order valence-electron chi connectivity index (χ2n) is 3.53. The second-order valence-corrected chi connectivity index (χ2v) is 4.45. The summed E-state index contributed by atoms with van der Waals surface area (Å²) < 4.78 is 13.7. The smallest absolute Gasteiger partial charge is 0.124 e.